The van der Waals surface area contributed by atoms with Gasteiger partial charge in [0, 0.05) is 22.4 Å². The first kappa shape index (κ1) is 12.1. The van der Waals surface area contributed by atoms with Gasteiger partial charge in [-0.15, -0.1) is 0 Å². The number of nitrogens with two attached hydrogens (primary N) is 1. The quantitative estimate of drug-likeness (QED) is 0.904. The van der Waals surface area contributed by atoms with Crippen molar-refractivity contribution >= 4 is 27.3 Å². The molecule has 0 aliphatic carbocycles. The Hall–Kier alpha value is -1.39. The number of halogens is 2. The fourth-order valence-electron chi connectivity index (χ4n) is 1.57. The molecule has 2 nitrogen and oxygen atoms in total. The molecule has 2 rings (SSSR count). The van der Waals surface area contributed by atoms with E-state index in [-0.39, 0.29) is 5.82 Å². The summed E-state index contributed by atoms with van der Waals surface area (Å²) in [6.07, 6.45) is 0. The highest BCUT2D eigenvalue weighted by Gasteiger charge is 2.03. The molecule has 0 atom stereocenters. The summed E-state index contributed by atoms with van der Waals surface area (Å²) < 4.78 is 14.0. The summed E-state index contributed by atoms with van der Waals surface area (Å²) in [4.78, 5) is 0. The minimum Gasteiger partial charge on any atom is -0.355 e. The lowest BCUT2D eigenvalue weighted by Crippen LogP contribution is -2.02. The zero-order chi connectivity index (χ0) is 12.3. The van der Waals surface area contributed by atoms with Gasteiger partial charge in [0.15, 0.2) is 0 Å². The largest absolute Gasteiger partial charge is 0.355 e. The number of nitrogens with one attached hydrogen (secondary N) is 1. The third kappa shape index (κ3) is 3.05. The summed E-state index contributed by atoms with van der Waals surface area (Å²) in [6.45, 7) is 0.300. The molecule has 0 aromatic heterocycles. The zero-order valence-corrected chi connectivity index (χ0v) is 10.7. The molecule has 0 fully saturated rings. The monoisotopic (exact) mass is 294 g/mol. The van der Waals surface area contributed by atoms with Crippen molar-refractivity contribution in [1.82, 2.24) is 0 Å². The number of anilines is 2. The van der Waals surface area contributed by atoms with Crippen LogP contribution in [0.3, 0.4) is 0 Å². The first-order valence-electron chi connectivity index (χ1n) is 5.20. The van der Waals surface area contributed by atoms with E-state index in [9.17, 15) is 4.39 Å². The average Bonchev–Trinajstić information content (AvgIpc) is 2.31. The van der Waals surface area contributed by atoms with E-state index in [0.29, 0.717) is 6.54 Å². The number of hydrogen-bond donors (Lipinski definition) is 2. The standard InChI is InChI=1S/C13H12BrFN2/c14-10-2-1-3-12(7-10)17-13-5-4-11(15)6-9(13)8-16/h1-7,17H,8,16H2. The Labute approximate surface area is 108 Å². The Morgan fingerprint density at radius 3 is 2.71 bits per heavy atom. The Balaban J connectivity index is 2.29. The van der Waals surface area contributed by atoms with Crippen LogP contribution in [0.1, 0.15) is 5.56 Å². The minimum atomic E-state index is -0.273. The molecule has 17 heavy (non-hydrogen) atoms. The van der Waals surface area contributed by atoms with E-state index in [4.69, 9.17) is 5.73 Å². The van der Waals surface area contributed by atoms with E-state index in [1.807, 2.05) is 24.3 Å². The predicted octanol–water partition coefficient (Wildman–Crippen LogP) is 3.79. The Kier molecular flexibility index (Phi) is 3.76. The topological polar surface area (TPSA) is 38.0 Å². The van der Waals surface area contributed by atoms with Gasteiger partial charge in [0.2, 0.25) is 0 Å². The highest BCUT2D eigenvalue weighted by atomic mass is 79.9. The normalized spacial score (nSPS) is 10.3. The third-order valence-electron chi connectivity index (χ3n) is 2.39. The van der Waals surface area contributed by atoms with E-state index in [1.54, 1.807) is 6.07 Å². The molecule has 0 aliphatic rings. The van der Waals surface area contributed by atoms with Crippen LogP contribution in [0.5, 0.6) is 0 Å². The van der Waals surface area contributed by atoms with Crippen LogP contribution in [-0.4, -0.2) is 0 Å². The average molecular weight is 295 g/mol. The lowest BCUT2D eigenvalue weighted by Gasteiger charge is -2.11. The second kappa shape index (κ2) is 5.29. The second-order valence-electron chi connectivity index (χ2n) is 3.64. The van der Waals surface area contributed by atoms with E-state index in [0.717, 1.165) is 21.4 Å². The molecule has 4 heteroatoms. The van der Waals surface area contributed by atoms with Gasteiger partial charge in [-0.25, -0.2) is 4.39 Å². The van der Waals surface area contributed by atoms with Gasteiger partial charge < -0.3 is 11.1 Å². The van der Waals surface area contributed by atoms with Gasteiger partial charge in [0.25, 0.3) is 0 Å². The fraction of sp³-hybridized carbons (Fsp3) is 0.0769. The molecule has 0 bridgehead atoms. The van der Waals surface area contributed by atoms with Crippen LogP contribution < -0.4 is 11.1 Å². The molecule has 0 heterocycles. The van der Waals surface area contributed by atoms with Crippen molar-refractivity contribution in [1.29, 1.82) is 0 Å². The van der Waals surface area contributed by atoms with Crippen molar-refractivity contribution in [3.63, 3.8) is 0 Å². The van der Waals surface area contributed by atoms with Crippen LogP contribution in [0.2, 0.25) is 0 Å². The van der Waals surface area contributed by atoms with Crippen molar-refractivity contribution in [3.8, 4) is 0 Å². The van der Waals surface area contributed by atoms with Crippen molar-refractivity contribution in [2.24, 2.45) is 5.73 Å². The van der Waals surface area contributed by atoms with Crippen LogP contribution in [0.4, 0.5) is 15.8 Å². The van der Waals surface area contributed by atoms with Crippen LogP contribution in [-0.2, 0) is 6.54 Å². The maximum atomic E-state index is 13.0. The van der Waals surface area contributed by atoms with Crippen molar-refractivity contribution in [2.75, 3.05) is 5.32 Å². The summed E-state index contributed by atoms with van der Waals surface area (Å²) in [5.41, 5.74) is 8.10. The first-order chi connectivity index (χ1) is 8.19. The van der Waals surface area contributed by atoms with Crippen LogP contribution in [0, 0.1) is 5.82 Å². The second-order valence-corrected chi connectivity index (χ2v) is 4.56. The van der Waals surface area contributed by atoms with Gasteiger partial charge in [-0.2, -0.15) is 0 Å². The highest BCUT2D eigenvalue weighted by Crippen LogP contribution is 2.23. The van der Waals surface area contributed by atoms with E-state index in [1.165, 1.54) is 12.1 Å². The van der Waals surface area contributed by atoms with Crippen LogP contribution in [0.15, 0.2) is 46.9 Å². The summed E-state index contributed by atoms with van der Waals surface area (Å²) >= 11 is 3.40. The van der Waals surface area contributed by atoms with Crippen molar-refractivity contribution in [3.05, 3.63) is 58.3 Å². The highest BCUT2D eigenvalue weighted by molar-refractivity contribution is 9.10. The van der Waals surface area contributed by atoms with Gasteiger partial charge in [0.05, 0.1) is 0 Å². The minimum absolute atomic E-state index is 0.273. The number of benzene rings is 2. The molecule has 88 valence electrons. The molecular weight excluding hydrogens is 283 g/mol. The summed E-state index contributed by atoms with van der Waals surface area (Å²) in [5.74, 6) is -0.273. The van der Waals surface area contributed by atoms with Crippen molar-refractivity contribution < 1.29 is 4.39 Å². The fourth-order valence-corrected chi connectivity index (χ4v) is 1.97. The van der Waals surface area contributed by atoms with Gasteiger partial charge in [-0.3, -0.25) is 0 Å². The molecule has 3 N–H and O–H groups in total. The smallest absolute Gasteiger partial charge is 0.123 e. The number of hydrogen-bond acceptors (Lipinski definition) is 2. The van der Waals surface area contributed by atoms with Crippen LogP contribution in [0.25, 0.3) is 0 Å². The van der Waals surface area contributed by atoms with Crippen LogP contribution >= 0.6 is 15.9 Å². The molecule has 0 spiro atoms. The Bertz CT molecular complexity index is 529. The van der Waals surface area contributed by atoms with Crippen molar-refractivity contribution in [2.45, 2.75) is 6.54 Å². The van der Waals surface area contributed by atoms with E-state index >= 15 is 0 Å². The van der Waals surface area contributed by atoms with E-state index in [2.05, 4.69) is 21.2 Å². The molecule has 2 aromatic carbocycles. The van der Waals surface area contributed by atoms with Gasteiger partial charge >= 0.3 is 0 Å². The maximum Gasteiger partial charge on any atom is 0.123 e. The summed E-state index contributed by atoms with van der Waals surface area (Å²) in [6, 6.07) is 12.3. The summed E-state index contributed by atoms with van der Waals surface area (Å²) in [5, 5.41) is 3.21. The Morgan fingerprint density at radius 2 is 2.00 bits per heavy atom. The SMILES string of the molecule is NCc1cc(F)ccc1Nc1cccc(Br)c1. The van der Waals surface area contributed by atoms with Gasteiger partial charge in [-0.1, -0.05) is 22.0 Å². The number of rotatable bonds is 3. The zero-order valence-electron chi connectivity index (χ0n) is 9.08. The predicted molar refractivity (Wildman–Crippen MR) is 71.7 cm³/mol. The van der Waals surface area contributed by atoms with E-state index < -0.39 is 0 Å². The molecule has 0 aliphatic heterocycles. The molecule has 0 saturated carbocycles. The molecular formula is C13H12BrFN2. The maximum absolute atomic E-state index is 13.0. The molecule has 2 aromatic rings. The summed E-state index contributed by atoms with van der Waals surface area (Å²) in [7, 11) is 0. The first-order valence-corrected chi connectivity index (χ1v) is 5.99. The molecule has 0 amide bonds. The lowest BCUT2D eigenvalue weighted by atomic mass is 10.1. The lowest BCUT2D eigenvalue weighted by molar-refractivity contribution is 0.626. The Morgan fingerprint density at radius 1 is 1.18 bits per heavy atom. The molecule has 0 radical (unpaired) electrons. The van der Waals surface area contributed by atoms with Gasteiger partial charge in [0.1, 0.15) is 5.82 Å². The third-order valence-corrected chi connectivity index (χ3v) is 2.88. The van der Waals surface area contributed by atoms with Gasteiger partial charge in [-0.05, 0) is 42.0 Å². The molecule has 0 unspecified atom stereocenters. The molecule has 0 saturated heterocycles.